The van der Waals surface area contributed by atoms with Crippen molar-refractivity contribution in [2.45, 2.75) is 62.8 Å². The van der Waals surface area contributed by atoms with Crippen molar-refractivity contribution < 1.29 is 29.0 Å². The normalized spacial score (nSPS) is 27.2. The fourth-order valence-corrected chi connectivity index (χ4v) is 7.85. The van der Waals surface area contributed by atoms with Crippen LogP contribution < -0.4 is 15.4 Å². The van der Waals surface area contributed by atoms with E-state index in [1.165, 1.54) is 4.90 Å². The van der Waals surface area contributed by atoms with Crippen LogP contribution in [0.15, 0.2) is 78.9 Å². The van der Waals surface area contributed by atoms with E-state index in [-0.39, 0.29) is 18.4 Å². The highest BCUT2D eigenvalue weighted by Gasteiger charge is 2.79. The van der Waals surface area contributed by atoms with E-state index in [4.69, 9.17) is 21.1 Å². The highest BCUT2D eigenvalue weighted by molar-refractivity contribution is 6.33. The number of rotatable bonds is 11. The Morgan fingerprint density at radius 1 is 1.00 bits per heavy atom. The summed E-state index contributed by atoms with van der Waals surface area (Å²) in [6, 6.07) is 21.7. The topological polar surface area (TPSA) is 117 Å². The SMILES string of the molecule is CCOc1ccc(NC(=O)[C@H]2[C@H]3C(=O)N([C@@H](CO)Cc4ccccc4)C(C(=O)Nc4ccccc4Cl)C34CC[C@]2(CC)O4)cc1. The van der Waals surface area contributed by atoms with Gasteiger partial charge in [-0.25, -0.2) is 0 Å². The Bertz CT molecular complexity index is 1570. The molecule has 6 rings (SSSR count). The number of nitrogens with zero attached hydrogens (tertiary/aromatic N) is 1. The molecule has 3 N–H and O–H groups in total. The van der Waals surface area contributed by atoms with Crippen LogP contribution in [0.3, 0.4) is 0 Å². The first-order valence-corrected chi connectivity index (χ1v) is 15.9. The number of carbonyl (C=O) groups is 3. The van der Waals surface area contributed by atoms with Crippen molar-refractivity contribution in [1.29, 1.82) is 0 Å². The molecule has 3 aliphatic rings. The van der Waals surface area contributed by atoms with Gasteiger partial charge >= 0.3 is 0 Å². The summed E-state index contributed by atoms with van der Waals surface area (Å²) in [5.74, 6) is -2.24. The van der Waals surface area contributed by atoms with Crippen LogP contribution in [-0.4, -0.2) is 64.2 Å². The molecule has 3 amide bonds. The number of fused-ring (bicyclic) bond motifs is 1. The van der Waals surface area contributed by atoms with E-state index in [0.29, 0.717) is 54.4 Å². The van der Waals surface area contributed by atoms with Gasteiger partial charge < -0.3 is 30.1 Å². The fraction of sp³-hybridized carbons (Fsp3) is 0.400. The summed E-state index contributed by atoms with van der Waals surface area (Å²) in [6.45, 7) is 4.00. The minimum absolute atomic E-state index is 0.323. The molecule has 10 heteroatoms. The molecule has 2 unspecified atom stereocenters. The smallest absolute Gasteiger partial charge is 0.250 e. The van der Waals surface area contributed by atoms with Crippen molar-refractivity contribution in [2.24, 2.45) is 11.8 Å². The van der Waals surface area contributed by atoms with Crippen LogP contribution in [-0.2, 0) is 25.5 Å². The molecule has 3 aliphatic heterocycles. The zero-order chi connectivity index (χ0) is 31.8. The minimum atomic E-state index is -1.26. The number of halogens is 1. The van der Waals surface area contributed by atoms with Gasteiger partial charge in [0, 0.05) is 5.69 Å². The third-order valence-electron chi connectivity index (χ3n) is 9.63. The van der Waals surface area contributed by atoms with Crippen LogP contribution in [0.1, 0.15) is 38.7 Å². The second-order valence-electron chi connectivity index (χ2n) is 12.0. The number of para-hydroxylation sites is 1. The molecule has 0 radical (unpaired) electrons. The van der Waals surface area contributed by atoms with Gasteiger partial charge in [0.2, 0.25) is 17.7 Å². The number of nitrogens with one attached hydrogen (secondary N) is 2. The van der Waals surface area contributed by atoms with E-state index in [0.717, 1.165) is 5.56 Å². The quantitative estimate of drug-likeness (QED) is 0.272. The molecule has 0 aliphatic carbocycles. The van der Waals surface area contributed by atoms with Crippen molar-refractivity contribution in [2.75, 3.05) is 23.8 Å². The van der Waals surface area contributed by atoms with Crippen LogP contribution in [0.25, 0.3) is 0 Å². The molecule has 3 aromatic carbocycles. The van der Waals surface area contributed by atoms with Crippen molar-refractivity contribution in [1.82, 2.24) is 4.90 Å². The monoisotopic (exact) mass is 631 g/mol. The molecular weight excluding hydrogens is 594 g/mol. The maximum Gasteiger partial charge on any atom is 0.250 e. The van der Waals surface area contributed by atoms with Crippen molar-refractivity contribution in [3.05, 3.63) is 89.4 Å². The average molecular weight is 632 g/mol. The lowest BCUT2D eigenvalue weighted by Crippen LogP contribution is -2.57. The molecule has 3 aromatic rings. The van der Waals surface area contributed by atoms with Gasteiger partial charge in [0.15, 0.2) is 0 Å². The highest BCUT2D eigenvalue weighted by atomic mass is 35.5. The Morgan fingerprint density at radius 3 is 2.38 bits per heavy atom. The van der Waals surface area contributed by atoms with Crippen molar-refractivity contribution in [3.63, 3.8) is 0 Å². The summed E-state index contributed by atoms with van der Waals surface area (Å²) in [6.07, 6.45) is 1.75. The van der Waals surface area contributed by atoms with E-state index < -0.39 is 41.0 Å². The highest BCUT2D eigenvalue weighted by Crippen LogP contribution is 2.64. The van der Waals surface area contributed by atoms with Gasteiger partial charge in [-0.2, -0.15) is 0 Å². The predicted molar refractivity (Wildman–Crippen MR) is 171 cm³/mol. The van der Waals surface area contributed by atoms with E-state index in [1.54, 1.807) is 48.5 Å². The first-order chi connectivity index (χ1) is 21.8. The van der Waals surface area contributed by atoms with Gasteiger partial charge in [0.05, 0.1) is 47.4 Å². The van der Waals surface area contributed by atoms with Gasteiger partial charge in [-0.3, -0.25) is 14.4 Å². The summed E-state index contributed by atoms with van der Waals surface area (Å²) in [5.41, 5.74) is -0.298. The Kier molecular flexibility index (Phi) is 8.61. The first-order valence-electron chi connectivity index (χ1n) is 15.5. The maximum absolute atomic E-state index is 14.7. The number of ether oxygens (including phenoxy) is 2. The molecule has 3 heterocycles. The summed E-state index contributed by atoms with van der Waals surface area (Å²) < 4.78 is 12.4. The molecule has 9 nitrogen and oxygen atoms in total. The van der Waals surface area contributed by atoms with Gasteiger partial charge in [0.1, 0.15) is 17.4 Å². The Morgan fingerprint density at radius 2 is 1.71 bits per heavy atom. The van der Waals surface area contributed by atoms with E-state index in [9.17, 15) is 19.5 Å². The predicted octanol–water partition coefficient (Wildman–Crippen LogP) is 5.07. The van der Waals surface area contributed by atoms with Crippen molar-refractivity contribution in [3.8, 4) is 5.75 Å². The largest absolute Gasteiger partial charge is 0.494 e. The number of aliphatic hydroxyl groups excluding tert-OH is 1. The number of benzene rings is 3. The lowest BCUT2D eigenvalue weighted by atomic mass is 9.65. The molecular formula is C35H38ClN3O6. The van der Waals surface area contributed by atoms with Gasteiger partial charge in [0.25, 0.3) is 0 Å². The lowest BCUT2D eigenvalue weighted by molar-refractivity contribution is -0.148. The number of amides is 3. The second kappa shape index (κ2) is 12.5. The van der Waals surface area contributed by atoms with E-state index >= 15 is 0 Å². The first kappa shape index (κ1) is 31.1. The Balaban J connectivity index is 1.39. The van der Waals surface area contributed by atoms with Crippen LogP contribution in [0, 0.1) is 11.8 Å². The molecule has 1 spiro atoms. The van der Waals surface area contributed by atoms with E-state index in [2.05, 4.69) is 10.6 Å². The number of hydrogen-bond acceptors (Lipinski definition) is 6. The Labute approximate surface area is 267 Å². The molecule has 45 heavy (non-hydrogen) atoms. The van der Waals surface area contributed by atoms with Crippen LogP contribution >= 0.6 is 11.6 Å². The second-order valence-corrected chi connectivity index (χ2v) is 12.4. The summed E-state index contributed by atoms with van der Waals surface area (Å²) >= 11 is 6.41. The van der Waals surface area contributed by atoms with Crippen LogP contribution in [0.4, 0.5) is 11.4 Å². The molecule has 236 valence electrons. The average Bonchev–Trinajstić information content (AvgIpc) is 3.66. The number of aliphatic hydroxyl groups is 1. The maximum atomic E-state index is 14.7. The molecule has 2 bridgehead atoms. The zero-order valence-corrected chi connectivity index (χ0v) is 26.1. The summed E-state index contributed by atoms with van der Waals surface area (Å²) in [4.78, 5) is 44.6. The molecule has 0 aromatic heterocycles. The van der Waals surface area contributed by atoms with Crippen LogP contribution in [0.5, 0.6) is 5.75 Å². The number of anilines is 2. The lowest BCUT2D eigenvalue weighted by Gasteiger charge is -2.37. The third kappa shape index (κ3) is 5.37. The molecule has 6 atom stereocenters. The number of carbonyl (C=O) groups excluding carboxylic acids is 3. The molecule has 3 fully saturated rings. The van der Waals surface area contributed by atoms with E-state index in [1.807, 2.05) is 44.2 Å². The third-order valence-corrected chi connectivity index (χ3v) is 9.96. The number of hydrogen-bond donors (Lipinski definition) is 3. The van der Waals surface area contributed by atoms with Crippen molar-refractivity contribution >= 4 is 40.7 Å². The van der Waals surface area contributed by atoms with Gasteiger partial charge in [-0.05, 0) is 74.6 Å². The molecule has 0 saturated carbocycles. The zero-order valence-electron chi connectivity index (χ0n) is 25.4. The fourth-order valence-electron chi connectivity index (χ4n) is 7.67. The number of likely N-dealkylation sites (tertiary alicyclic amines) is 1. The van der Waals surface area contributed by atoms with Gasteiger partial charge in [-0.15, -0.1) is 0 Å². The Hall–Kier alpha value is -3.92. The summed E-state index contributed by atoms with van der Waals surface area (Å²) in [7, 11) is 0. The molecule has 3 saturated heterocycles. The minimum Gasteiger partial charge on any atom is -0.494 e. The summed E-state index contributed by atoms with van der Waals surface area (Å²) in [5, 5.41) is 17.0. The standard InChI is InChI=1S/C35H38ClN3O6/c1-3-34-18-19-35(45-34)29(28(34)31(41)37-23-14-16-25(17-15-23)44-4-2)33(43)39(24(21-40)20-22-10-6-5-7-11-22)30(35)32(42)38-27-13-9-8-12-26(27)36/h5-17,24,28-30,40H,3-4,18-21H2,1-2H3,(H,37,41)(H,38,42)/t24-,28-,29+,30?,34+,35?/m1/s1. The van der Waals surface area contributed by atoms with Crippen LogP contribution in [0.2, 0.25) is 5.02 Å². The van der Waals surface area contributed by atoms with Gasteiger partial charge in [-0.1, -0.05) is 61.0 Å².